The summed E-state index contributed by atoms with van der Waals surface area (Å²) >= 11 is 0. The molecule has 0 radical (unpaired) electrons. The lowest BCUT2D eigenvalue weighted by Crippen LogP contribution is -2.55. The van der Waals surface area contributed by atoms with Crippen LogP contribution in [0.25, 0.3) is 21.9 Å². The average molecular weight is 438 g/mol. The normalized spacial score (nSPS) is 19.7. The van der Waals surface area contributed by atoms with Crippen molar-refractivity contribution in [1.29, 1.82) is 0 Å². The van der Waals surface area contributed by atoms with E-state index in [0.717, 1.165) is 22.2 Å². The third kappa shape index (κ3) is 3.57. The second kappa shape index (κ2) is 7.76. The first kappa shape index (κ1) is 22.1. The maximum atomic E-state index is 13.9. The molecule has 1 aromatic heterocycles. The third-order valence-electron chi connectivity index (χ3n) is 6.70. The van der Waals surface area contributed by atoms with Crippen LogP contribution >= 0.6 is 0 Å². The molecule has 6 heteroatoms. The van der Waals surface area contributed by atoms with Crippen molar-refractivity contribution >= 4 is 16.7 Å². The quantitative estimate of drug-likeness (QED) is 0.507. The van der Waals surface area contributed by atoms with Gasteiger partial charge in [-0.25, -0.2) is 9.37 Å². The monoisotopic (exact) mass is 437 g/mol. The predicted molar refractivity (Wildman–Crippen MR) is 122 cm³/mol. The second-order valence-corrected chi connectivity index (χ2v) is 9.58. The van der Waals surface area contributed by atoms with Crippen LogP contribution in [0.1, 0.15) is 51.3 Å². The first-order chi connectivity index (χ1) is 15.0. The molecule has 1 saturated carbocycles. The zero-order valence-electron chi connectivity index (χ0n) is 18.9. The van der Waals surface area contributed by atoms with Crippen LogP contribution < -0.4 is 4.74 Å². The molecule has 168 valence electrons. The standard InChI is InChI=1S/C26H28FNO4/c1-13(2)23-22(15-6-9-20(27)14(3)10-15)17-8-7-16(29)11-18(17)24(28-23)32-21-12-19(25(30)31)26(21,4)5/h6-11,13,19,21,29H,12H2,1-5H3,(H,30,31)/t19?,21-/m0/s1. The van der Waals surface area contributed by atoms with Gasteiger partial charge in [0.05, 0.1) is 11.6 Å². The number of carboxylic acid groups (broad SMARTS) is 1. The van der Waals surface area contributed by atoms with Gasteiger partial charge in [0.2, 0.25) is 5.88 Å². The smallest absolute Gasteiger partial charge is 0.307 e. The van der Waals surface area contributed by atoms with Crippen molar-refractivity contribution < 1.29 is 24.1 Å². The van der Waals surface area contributed by atoms with Gasteiger partial charge in [0.25, 0.3) is 0 Å². The number of pyridine rings is 1. The molecule has 3 aromatic rings. The van der Waals surface area contributed by atoms with E-state index in [9.17, 15) is 19.4 Å². The number of aromatic nitrogens is 1. The Balaban J connectivity index is 1.90. The summed E-state index contributed by atoms with van der Waals surface area (Å²) in [6.07, 6.45) is 0.0980. The first-order valence-corrected chi connectivity index (χ1v) is 10.8. The maximum absolute atomic E-state index is 13.9. The molecule has 0 amide bonds. The number of carboxylic acids is 1. The number of aromatic hydroxyl groups is 1. The lowest BCUT2D eigenvalue weighted by atomic mass is 9.60. The summed E-state index contributed by atoms with van der Waals surface area (Å²) in [4.78, 5) is 16.4. The van der Waals surface area contributed by atoms with Gasteiger partial charge in [0, 0.05) is 16.4 Å². The highest BCUT2D eigenvalue weighted by Crippen LogP contribution is 2.49. The molecule has 32 heavy (non-hydrogen) atoms. The number of aryl methyl sites for hydroxylation is 1. The minimum absolute atomic E-state index is 0.0529. The van der Waals surface area contributed by atoms with Gasteiger partial charge < -0.3 is 14.9 Å². The van der Waals surface area contributed by atoms with Gasteiger partial charge in [-0.3, -0.25) is 4.79 Å². The lowest BCUT2D eigenvalue weighted by Gasteiger charge is -2.48. The number of rotatable bonds is 5. The van der Waals surface area contributed by atoms with Gasteiger partial charge in [-0.2, -0.15) is 0 Å². The highest BCUT2D eigenvalue weighted by atomic mass is 19.1. The average Bonchev–Trinajstić information content (AvgIpc) is 2.71. The van der Waals surface area contributed by atoms with Gasteiger partial charge in [-0.15, -0.1) is 0 Å². The van der Waals surface area contributed by atoms with E-state index in [0.29, 0.717) is 23.3 Å². The minimum atomic E-state index is -0.824. The Morgan fingerprint density at radius 3 is 2.50 bits per heavy atom. The molecular weight excluding hydrogens is 409 g/mol. The van der Waals surface area contributed by atoms with E-state index in [-0.39, 0.29) is 23.6 Å². The third-order valence-corrected chi connectivity index (χ3v) is 6.70. The van der Waals surface area contributed by atoms with Gasteiger partial charge >= 0.3 is 5.97 Å². The Kier molecular flexibility index (Phi) is 5.35. The highest BCUT2D eigenvalue weighted by Gasteiger charge is 2.54. The van der Waals surface area contributed by atoms with Gasteiger partial charge in [0.1, 0.15) is 17.7 Å². The van der Waals surface area contributed by atoms with Crippen molar-refractivity contribution in [2.24, 2.45) is 11.3 Å². The van der Waals surface area contributed by atoms with E-state index >= 15 is 0 Å². The van der Waals surface area contributed by atoms with Crippen LogP contribution in [0.4, 0.5) is 4.39 Å². The minimum Gasteiger partial charge on any atom is -0.508 e. The molecule has 5 nitrogen and oxygen atoms in total. The molecule has 2 N–H and O–H groups in total. The number of hydrogen-bond acceptors (Lipinski definition) is 4. The number of carbonyl (C=O) groups is 1. The summed E-state index contributed by atoms with van der Waals surface area (Å²) in [7, 11) is 0. The van der Waals surface area contributed by atoms with Crippen LogP contribution in [0.5, 0.6) is 11.6 Å². The van der Waals surface area contributed by atoms with Crippen molar-refractivity contribution in [1.82, 2.24) is 4.98 Å². The number of aliphatic carboxylic acids is 1. The van der Waals surface area contributed by atoms with Gasteiger partial charge in [0.15, 0.2) is 0 Å². The Hall–Kier alpha value is -3.15. The zero-order valence-corrected chi connectivity index (χ0v) is 18.9. The summed E-state index contributed by atoms with van der Waals surface area (Å²) in [5.74, 6) is -1.05. The first-order valence-electron chi connectivity index (χ1n) is 10.8. The second-order valence-electron chi connectivity index (χ2n) is 9.58. The van der Waals surface area contributed by atoms with E-state index in [1.165, 1.54) is 6.07 Å². The van der Waals surface area contributed by atoms with Crippen molar-refractivity contribution in [3.8, 4) is 22.8 Å². The molecule has 2 atom stereocenters. The zero-order chi connectivity index (χ0) is 23.4. The number of nitrogens with zero attached hydrogens (tertiary/aromatic N) is 1. The number of ether oxygens (including phenoxy) is 1. The number of phenols is 1. The van der Waals surface area contributed by atoms with E-state index in [1.807, 2.05) is 33.8 Å². The van der Waals surface area contributed by atoms with E-state index in [1.54, 1.807) is 31.2 Å². The largest absolute Gasteiger partial charge is 0.508 e. The van der Waals surface area contributed by atoms with Crippen molar-refractivity contribution in [2.75, 3.05) is 0 Å². The molecule has 0 bridgehead atoms. The van der Waals surface area contributed by atoms with Crippen molar-refractivity contribution in [3.05, 3.63) is 53.5 Å². The van der Waals surface area contributed by atoms with Crippen LogP contribution in [0.15, 0.2) is 36.4 Å². The van der Waals surface area contributed by atoms with E-state index < -0.39 is 17.3 Å². The molecule has 2 aromatic carbocycles. The number of benzene rings is 2. The number of halogens is 1. The maximum Gasteiger partial charge on any atom is 0.307 e. The molecule has 1 fully saturated rings. The van der Waals surface area contributed by atoms with Crippen molar-refractivity contribution in [2.45, 2.75) is 53.1 Å². The number of phenolic OH excluding ortho intramolecular Hbond substituents is 1. The van der Waals surface area contributed by atoms with E-state index in [2.05, 4.69) is 0 Å². The molecule has 0 aliphatic heterocycles. The van der Waals surface area contributed by atoms with E-state index in [4.69, 9.17) is 9.72 Å². The van der Waals surface area contributed by atoms with Crippen LogP contribution in [0.2, 0.25) is 0 Å². The fourth-order valence-electron chi connectivity index (χ4n) is 4.54. The Morgan fingerprint density at radius 2 is 1.91 bits per heavy atom. The summed E-state index contributed by atoms with van der Waals surface area (Å²) < 4.78 is 20.2. The van der Waals surface area contributed by atoms with Gasteiger partial charge in [-0.1, -0.05) is 33.8 Å². The van der Waals surface area contributed by atoms with Crippen LogP contribution in [0.3, 0.4) is 0 Å². The predicted octanol–water partition coefficient (Wildman–Crippen LogP) is 6.06. The topological polar surface area (TPSA) is 79.7 Å². The summed E-state index contributed by atoms with van der Waals surface area (Å²) in [5, 5.41) is 21.1. The highest BCUT2D eigenvalue weighted by molar-refractivity contribution is 6.01. The fraction of sp³-hybridized carbons (Fsp3) is 0.385. The number of hydrogen-bond donors (Lipinski definition) is 2. The van der Waals surface area contributed by atoms with Crippen LogP contribution in [-0.2, 0) is 4.79 Å². The molecule has 1 unspecified atom stereocenters. The molecule has 4 rings (SSSR count). The molecule has 0 spiro atoms. The molecule has 1 heterocycles. The lowest BCUT2D eigenvalue weighted by molar-refractivity contribution is -0.165. The Labute approximate surface area is 186 Å². The number of fused-ring (bicyclic) bond motifs is 1. The Bertz CT molecular complexity index is 1220. The molecule has 1 aliphatic rings. The van der Waals surface area contributed by atoms with Crippen LogP contribution in [-0.4, -0.2) is 27.3 Å². The van der Waals surface area contributed by atoms with Gasteiger partial charge in [-0.05, 0) is 66.1 Å². The van der Waals surface area contributed by atoms with Crippen molar-refractivity contribution in [3.63, 3.8) is 0 Å². The fourth-order valence-corrected chi connectivity index (χ4v) is 4.54. The molecule has 0 saturated heterocycles. The Morgan fingerprint density at radius 1 is 1.19 bits per heavy atom. The SMILES string of the molecule is Cc1cc(-c2c(C(C)C)nc(O[C@H]3CC(C(=O)O)C3(C)C)c3cc(O)ccc23)ccc1F. The molecular formula is C26H28FNO4. The molecule has 1 aliphatic carbocycles. The van der Waals surface area contributed by atoms with Crippen LogP contribution in [0, 0.1) is 24.1 Å². The summed E-state index contributed by atoms with van der Waals surface area (Å²) in [5.41, 5.74) is 2.52. The summed E-state index contributed by atoms with van der Waals surface area (Å²) in [6.45, 7) is 9.57. The summed E-state index contributed by atoms with van der Waals surface area (Å²) in [6, 6.07) is 10.0.